The van der Waals surface area contributed by atoms with Gasteiger partial charge in [-0.05, 0) is 24.1 Å². The molecule has 3 nitrogen and oxygen atoms in total. The zero-order chi connectivity index (χ0) is 13.5. The number of carbonyl (C=O) groups is 1. The van der Waals surface area contributed by atoms with Crippen LogP contribution < -0.4 is 5.32 Å². The number of benzene rings is 1. The molecule has 0 aliphatic rings. The summed E-state index contributed by atoms with van der Waals surface area (Å²) in [5.74, 6) is -1.96. The lowest BCUT2D eigenvalue weighted by Gasteiger charge is -2.07. The van der Waals surface area contributed by atoms with Crippen LogP contribution in [0.15, 0.2) is 24.3 Å². The van der Waals surface area contributed by atoms with E-state index in [-0.39, 0.29) is 18.1 Å². The number of hydrogen-bond acceptors (Lipinski definition) is 2. The normalized spacial score (nSPS) is 12.7. The second-order valence-corrected chi connectivity index (χ2v) is 4.00. The summed E-state index contributed by atoms with van der Waals surface area (Å²) in [6.45, 7) is 2.03. The van der Waals surface area contributed by atoms with Gasteiger partial charge in [0, 0.05) is 24.8 Å². The van der Waals surface area contributed by atoms with Crippen molar-refractivity contribution >= 4 is 12.0 Å². The molecule has 1 rings (SSSR count). The fraction of sp³-hybridized carbons (Fsp3) is 0.308. The zero-order valence-corrected chi connectivity index (χ0v) is 9.99. The molecule has 98 valence electrons. The van der Waals surface area contributed by atoms with Crippen LogP contribution in [-0.2, 0) is 4.79 Å². The lowest BCUT2D eigenvalue weighted by atomic mass is 10.1. The molecule has 1 aromatic carbocycles. The van der Waals surface area contributed by atoms with E-state index in [0.29, 0.717) is 6.54 Å². The van der Waals surface area contributed by atoms with Crippen LogP contribution >= 0.6 is 0 Å². The Labute approximate surface area is 104 Å². The number of aliphatic hydroxyl groups excluding tert-OH is 1. The Balaban J connectivity index is 2.61. The van der Waals surface area contributed by atoms with E-state index in [4.69, 9.17) is 5.11 Å². The Morgan fingerprint density at radius 2 is 2.06 bits per heavy atom. The second-order valence-electron chi connectivity index (χ2n) is 4.00. The number of halogens is 2. The number of aliphatic hydroxyl groups is 1. The van der Waals surface area contributed by atoms with Crippen LogP contribution in [0, 0.1) is 17.6 Å². The zero-order valence-electron chi connectivity index (χ0n) is 9.99. The summed E-state index contributed by atoms with van der Waals surface area (Å²) in [5, 5.41) is 11.3. The first-order valence-corrected chi connectivity index (χ1v) is 5.55. The van der Waals surface area contributed by atoms with Crippen LogP contribution in [0.25, 0.3) is 6.08 Å². The van der Waals surface area contributed by atoms with Gasteiger partial charge in [-0.1, -0.05) is 13.0 Å². The Kier molecular flexibility index (Phi) is 5.45. The highest BCUT2D eigenvalue weighted by Gasteiger charge is 2.06. The van der Waals surface area contributed by atoms with Gasteiger partial charge in [-0.2, -0.15) is 0 Å². The van der Waals surface area contributed by atoms with Gasteiger partial charge in [0.05, 0.1) is 0 Å². The molecular weight excluding hydrogens is 240 g/mol. The van der Waals surface area contributed by atoms with Gasteiger partial charge in [0.2, 0.25) is 5.91 Å². The van der Waals surface area contributed by atoms with Gasteiger partial charge in [-0.3, -0.25) is 4.79 Å². The Morgan fingerprint density at radius 1 is 1.44 bits per heavy atom. The molecule has 0 spiro atoms. The number of amides is 1. The van der Waals surface area contributed by atoms with Crippen molar-refractivity contribution in [1.29, 1.82) is 0 Å². The van der Waals surface area contributed by atoms with Crippen molar-refractivity contribution < 1.29 is 18.7 Å². The average molecular weight is 255 g/mol. The lowest BCUT2D eigenvalue weighted by molar-refractivity contribution is -0.116. The number of rotatable bonds is 5. The molecule has 1 aromatic rings. The lowest BCUT2D eigenvalue weighted by Crippen LogP contribution is -2.27. The molecule has 0 fully saturated rings. The minimum atomic E-state index is -0.720. The molecule has 0 saturated heterocycles. The summed E-state index contributed by atoms with van der Waals surface area (Å²) < 4.78 is 26.4. The smallest absolute Gasteiger partial charge is 0.244 e. The van der Waals surface area contributed by atoms with Gasteiger partial charge in [0.25, 0.3) is 0 Å². The van der Waals surface area contributed by atoms with E-state index in [1.807, 2.05) is 0 Å². The van der Waals surface area contributed by atoms with Crippen molar-refractivity contribution in [2.24, 2.45) is 5.92 Å². The van der Waals surface area contributed by atoms with E-state index in [2.05, 4.69) is 5.32 Å². The molecular formula is C13H15F2NO2. The summed E-state index contributed by atoms with van der Waals surface area (Å²) in [6, 6.07) is 3.49. The molecule has 0 saturated carbocycles. The summed E-state index contributed by atoms with van der Waals surface area (Å²) >= 11 is 0. The number of carbonyl (C=O) groups excluding carboxylic acids is 1. The van der Waals surface area contributed by atoms with Crippen molar-refractivity contribution in [2.45, 2.75) is 6.92 Å². The largest absolute Gasteiger partial charge is 0.396 e. The third-order valence-corrected chi connectivity index (χ3v) is 2.34. The van der Waals surface area contributed by atoms with Crippen LogP contribution in [0.4, 0.5) is 8.78 Å². The van der Waals surface area contributed by atoms with Gasteiger partial charge < -0.3 is 10.4 Å². The fourth-order valence-corrected chi connectivity index (χ4v) is 1.23. The highest BCUT2D eigenvalue weighted by atomic mass is 19.1. The second kappa shape index (κ2) is 6.86. The van der Waals surface area contributed by atoms with Gasteiger partial charge in [-0.15, -0.1) is 0 Å². The minimum absolute atomic E-state index is 0.0358. The van der Waals surface area contributed by atoms with Crippen LogP contribution in [0.2, 0.25) is 0 Å². The van der Waals surface area contributed by atoms with Crippen LogP contribution in [0.3, 0.4) is 0 Å². The topological polar surface area (TPSA) is 49.3 Å². The highest BCUT2D eigenvalue weighted by molar-refractivity contribution is 5.91. The molecule has 1 atom stereocenters. The van der Waals surface area contributed by atoms with Gasteiger partial charge in [0.1, 0.15) is 11.6 Å². The SMILES string of the molecule is CC(CO)CNC(=O)/C=C/c1c(F)cccc1F. The van der Waals surface area contributed by atoms with E-state index in [1.54, 1.807) is 6.92 Å². The van der Waals surface area contributed by atoms with Gasteiger partial charge in [0.15, 0.2) is 0 Å². The third-order valence-electron chi connectivity index (χ3n) is 2.34. The number of hydrogen-bond donors (Lipinski definition) is 2. The van der Waals surface area contributed by atoms with Crippen molar-refractivity contribution in [3.05, 3.63) is 41.5 Å². The molecule has 5 heteroatoms. The molecule has 0 aliphatic heterocycles. The molecule has 0 radical (unpaired) electrons. The first-order valence-electron chi connectivity index (χ1n) is 5.55. The molecule has 0 bridgehead atoms. The van der Waals surface area contributed by atoms with Gasteiger partial charge in [-0.25, -0.2) is 8.78 Å². The summed E-state index contributed by atoms with van der Waals surface area (Å²) in [5.41, 5.74) is -0.247. The maximum Gasteiger partial charge on any atom is 0.244 e. The summed E-state index contributed by atoms with van der Waals surface area (Å²) in [4.78, 5) is 11.3. The van der Waals surface area contributed by atoms with Crippen molar-refractivity contribution in [3.8, 4) is 0 Å². The number of nitrogens with one attached hydrogen (secondary N) is 1. The Morgan fingerprint density at radius 3 is 2.61 bits per heavy atom. The molecule has 18 heavy (non-hydrogen) atoms. The van der Waals surface area contributed by atoms with Gasteiger partial charge >= 0.3 is 0 Å². The fourth-order valence-electron chi connectivity index (χ4n) is 1.23. The predicted octanol–water partition coefficient (Wildman–Crippen LogP) is 1.72. The molecule has 1 amide bonds. The van der Waals surface area contributed by atoms with Crippen molar-refractivity contribution in [1.82, 2.24) is 5.32 Å². The Hall–Kier alpha value is -1.75. The first kappa shape index (κ1) is 14.3. The van der Waals surface area contributed by atoms with Crippen LogP contribution in [0.5, 0.6) is 0 Å². The van der Waals surface area contributed by atoms with E-state index in [1.165, 1.54) is 6.07 Å². The molecule has 0 heterocycles. The average Bonchev–Trinajstić information content (AvgIpc) is 2.35. The van der Waals surface area contributed by atoms with E-state index in [9.17, 15) is 13.6 Å². The summed E-state index contributed by atoms with van der Waals surface area (Å²) in [6.07, 6.45) is 2.15. The van der Waals surface area contributed by atoms with Crippen LogP contribution in [0.1, 0.15) is 12.5 Å². The standard InChI is InChI=1S/C13H15F2NO2/c1-9(8-17)7-16-13(18)6-5-10-11(14)3-2-4-12(10)15/h2-6,9,17H,7-8H2,1H3,(H,16,18)/b6-5+. The monoisotopic (exact) mass is 255 g/mol. The molecule has 0 aromatic heterocycles. The first-order chi connectivity index (χ1) is 8.54. The maximum absolute atomic E-state index is 13.2. The highest BCUT2D eigenvalue weighted by Crippen LogP contribution is 2.13. The molecule has 2 N–H and O–H groups in total. The van der Waals surface area contributed by atoms with E-state index < -0.39 is 17.5 Å². The predicted molar refractivity (Wildman–Crippen MR) is 64.7 cm³/mol. The Bertz CT molecular complexity index is 426. The molecule has 0 aliphatic carbocycles. The van der Waals surface area contributed by atoms with Crippen LogP contribution in [-0.4, -0.2) is 24.2 Å². The third kappa shape index (κ3) is 4.25. The summed E-state index contributed by atoms with van der Waals surface area (Å²) in [7, 11) is 0. The van der Waals surface area contributed by atoms with Crippen molar-refractivity contribution in [2.75, 3.05) is 13.2 Å². The molecule has 1 unspecified atom stereocenters. The van der Waals surface area contributed by atoms with Crippen molar-refractivity contribution in [3.63, 3.8) is 0 Å². The van der Waals surface area contributed by atoms with E-state index >= 15 is 0 Å². The maximum atomic E-state index is 13.2. The van der Waals surface area contributed by atoms with E-state index in [0.717, 1.165) is 24.3 Å². The quantitative estimate of drug-likeness (QED) is 0.787. The minimum Gasteiger partial charge on any atom is -0.396 e.